The molecule has 0 unspecified atom stereocenters. The summed E-state index contributed by atoms with van der Waals surface area (Å²) in [6, 6.07) is 11.7. The summed E-state index contributed by atoms with van der Waals surface area (Å²) in [5.41, 5.74) is 1.97. The third kappa shape index (κ3) is 6.03. The molecule has 0 saturated carbocycles. The molecule has 2 amide bonds. The zero-order chi connectivity index (χ0) is 19.3. The van der Waals surface area contributed by atoms with Crippen LogP contribution in [0.15, 0.2) is 48.5 Å². The molecule has 0 spiro atoms. The Morgan fingerprint density at radius 2 is 1.54 bits per heavy atom. The number of nitrogens with one attached hydrogen (secondary N) is 3. The van der Waals surface area contributed by atoms with Gasteiger partial charge >= 0.3 is 6.03 Å². The smallest absolute Gasteiger partial charge is 0.315 e. The molecule has 6 nitrogen and oxygen atoms in total. The van der Waals surface area contributed by atoms with Crippen molar-refractivity contribution in [2.75, 3.05) is 11.0 Å². The van der Waals surface area contributed by atoms with Crippen LogP contribution in [-0.2, 0) is 10.0 Å². The largest absolute Gasteiger partial charge is 0.332 e. The van der Waals surface area contributed by atoms with E-state index in [1.165, 1.54) is 12.1 Å². The monoisotopic (exact) mass is 379 g/mol. The van der Waals surface area contributed by atoms with Gasteiger partial charge < -0.3 is 10.6 Å². The number of hydrogen-bond acceptors (Lipinski definition) is 3. The van der Waals surface area contributed by atoms with Gasteiger partial charge in [-0.1, -0.05) is 24.3 Å². The predicted octanol–water partition coefficient (Wildman–Crippen LogP) is 3.32. The second-order valence-corrected chi connectivity index (χ2v) is 7.86. The number of carbonyl (C=O) groups excluding carboxylic acids is 1. The Morgan fingerprint density at radius 3 is 2.12 bits per heavy atom. The van der Waals surface area contributed by atoms with Gasteiger partial charge in [-0.2, -0.15) is 0 Å². The standard InChI is InChI=1S/C18H22FN3O3S/c1-12(14-7-9-16(19)10-8-14)20-18(23)21-13(2)15-5-4-6-17(11-15)22-26(3,24)25/h4-13,22H,1-3H3,(H2,20,21,23)/t12-,13-/m1/s1. The van der Waals surface area contributed by atoms with Crippen LogP contribution in [0.1, 0.15) is 37.1 Å². The number of carbonyl (C=O) groups is 1. The van der Waals surface area contributed by atoms with Crippen LogP contribution in [0.25, 0.3) is 0 Å². The highest BCUT2D eigenvalue weighted by Gasteiger charge is 2.14. The van der Waals surface area contributed by atoms with Crippen LogP contribution in [-0.4, -0.2) is 20.7 Å². The van der Waals surface area contributed by atoms with Gasteiger partial charge in [0, 0.05) is 5.69 Å². The van der Waals surface area contributed by atoms with Crippen LogP contribution in [0.3, 0.4) is 0 Å². The van der Waals surface area contributed by atoms with Crippen molar-refractivity contribution in [1.82, 2.24) is 10.6 Å². The minimum Gasteiger partial charge on any atom is -0.332 e. The number of urea groups is 1. The second kappa shape index (κ2) is 8.18. The number of anilines is 1. The van der Waals surface area contributed by atoms with Crippen molar-refractivity contribution in [3.63, 3.8) is 0 Å². The molecule has 2 rings (SSSR count). The molecule has 0 aliphatic heterocycles. The van der Waals surface area contributed by atoms with Gasteiger partial charge in [-0.3, -0.25) is 4.72 Å². The van der Waals surface area contributed by atoms with E-state index in [4.69, 9.17) is 0 Å². The van der Waals surface area contributed by atoms with E-state index in [0.29, 0.717) is 5.69 Å². The van der Waals surface area contributed by atoms with E-state index < -0.39 is 10.0 Å². The highest BCUT2D eigenvalue weighted by atomic mass is 32.2. The molecule has 0 bridgehead atoms. The average molecular weight is 379 g/mol. The summed E-state index contributed by atoms with van der Waals surface area (Å²) in [5, 5.41) is 5.58. The Balaban J connectivity index is 1.98. The van der Waals surface area contributed by atoms with Crippen molar-refractivity contribution in [2.24, 2.45) is 0 Å². The molecule has 140 valence electrons. The van der Waals surface area contributed by atoms with Gasteiger partial charge in [0.15, 0.2) is 0 Å². The molecule has 0 saturated heterocycles. The lowest BCUT2D eigenvalue weighted by Gasteiger charge is -2.19. The molecule has 2 atom stereocenters. The van der Waals surface area contributed by atoms with Crippen LogP contribution >= 0.6 is 0 Å². The molecule has 2 aromatic carbocycles. The normalized spacial score (nSPS) is 13.5. The highest BCUT2D eigenvalue weighted by Crippen LogP contribution is 2.18. The van der Waals surface area contributed by atoms with Gasteiger partial charge in [0.05, 0.1) is 18.3 Å². The van der Waals surface area contributed by atoms with E-state index in [-0.39, 0.29) is 23.9 Å². The summed E-state index contributed by atoms with van der Waals surface area (Å²) in [6.07, 6.45) is 1.08. The summed E-state index contributed by atoms with van der Waals surface area (Å²) in [6.45, 7) is 3.59. The van der Waals surface area contributed by atoms with Crippen LogP contribution in [0, 0.1) is 5.82 Å². The maximum absolute atomic E-state index is 13.0. The molecule has 2 aromatic rings. The first-order chi connectivity index (χ1) is 12.1. The minimum absolute atomic E-state index is 0.291. The Hall–Kier alpha value is -2.61. The zero-order valence-corrected chi connectivity index (χ0v) is 15.6. The van der Waals surface area contributed by atoms with Crippen LogP contribution in [0.4, 0.5) is 14.9 Å². The fourth-order valence-corrected chi connectivity index (χ4v) is 2.99. The summed E-state index contributed by atoms with van der Waals surface area (Å²) in [7, 11) is -3.37. The van der Waals surface area contributed by atoms with E-state index in [1.807, 2.05) is 0 Å². The minimum atomic E-state index is -3.37. The number of halogens is 1. The van der Waals surface area contributed by atoms with Crippen molar-refractivity contribution < 1.29 is 17.6 Å². The fourth-order valence-electron chi connectivity index (χ4n) is 2.44. The fraction of sp³-hybridized carbons (Fsp3) is 0.278. The van der Waals surface area contributed by atoms with E-state index in [0.717, 1.165) is 17.4 Å². The topological polar surface area (TPSA) is 87.3 Å². The summed E-state index contributed by atoms with van der Waals surface area (Å²) >= 11 is 0. The Kier molecular flexibility index (Phi) is 6.20. The number of amides is 2. The Morgan fingerprint density at radius 1 is 0.962 bits per heavy atom. The molecule has 0 heterocycles. The number of hydrogen-bond donors (Lipinski definition) is 3. The van der Waals surface area contributed by atoms with Crippen molar-refractivity contribution in [1.29, 1.82) is 0 Å². The number of sulfonamides is 1. The molecule has 26 heavy (non-hydrogen) atoms. The van der Waals surface area contributed by atoms with Gasteiger partial charge in [0.1, 0.15) is 5.82 Å². The molecular weight excluding hydrogens is 357 g/mol. The molecule has 0 aliphatic rings. The number of rotatable bonds is 6. The highest BCUT2D eigenvalue weighted by molar-refractivity contribution is 7.92. The van der Waals surface area contributed by atoms with Crippen molar-refractivity contribution in [3.8, 4) is 0 Å². The number of benzene rings is 2. The molecule has 0 fully saturated rings. The van der Waals surface area contributed by atoms with Crippen molar-refractivity contribution >= 4 is 21.7 Å². The van der Waals surface area contributed by atoms with Crippen molar-refractivity contribution in [3.05, 3.63) is 65.5 Å². The van der Waals surface area contributed by atoms with Crippen LogP contribution in [0.2, 0.25) is 0 Å². The SMILES string of the molecule is C[C@@H](NC(=O)N[C@H](C)c1cccc(NS(C)(=O)=O)c1)c1ccc(F)cc1. The molecule has 0 aliphatic carbocycles. The average Bonchev–Trinajstić information content (AvgIpc) is 2.53. The van der Waals surface area contributed by atoms with E-state index in [1.54, 1.807) is 50.2 Å². The lowest BCUT2D eigenvalue weighted by Crippen LogP contribution is -2.38. The summed E-state index contributed by atoms with van der Waals surface area (Å²) in [5.74, 6) is -0.332. The second-order valence-electron chi connectivity index (χ2n) is 6.11. The molecule has 0 radical (unpaired) electrons. The first-order valence-corrected chi connectivity index (χ1v) is 9.93. The van der Waals surface area contributed by atoms with E-state index in [9.17, 15) is 17.6 Å². The Bertz CT molecular complexity index is 870. The van der Waals surface area contributed by atoms with E-state index >= 15 is 0 Å². The van der Waals surface area contributed by atoms with Gasteiger partial charge in [-0.05, 0) is 49.2 Å². The first kappa shape index (κ1) is 19.7. The third-order valence-corrected chi connectivity index (χ3v) is 4.36. The van der Waals surface area contributed by atoms with Crippen molar-refractivity contribution in [2.45, 2.75) is 25.9 Å². The maximum Gasteiger partial charge on any atom is 0.315 e. The molecule has 3 N–H and O–H groups in total. The zero-order valence-electron chi connectivity index (χ0n) is 14.8. The van der Waals surface area contributed by atoms with Crippen LogP contribution < -0.4 is 15.4 Å². The lowest BCUT2D eigenvalue weighted by molar-refractivity contribution is 0.235. The maximum atomic E-state index is 13.0. The predicted molar refractivity (Wildman–Crippen MR) is 99.8 cm³/mol. The van der Waals surface area contributed by atoms with Gasteiger partial charge in [0.25, 0.3) is 0 Å². The van der Waals surface area contributed by atoms with Gasteiger partial charge in [-0.15, -0.1) is 0 Å². The van der Waals surface area contributed by atoms with Gasteiger partial charge in [-0.25, -0.2) is 17.6 Å². The Labute approximate surface area is 152 Å². The van der Waals surface area contributed by atoms with Gasteiger partial charge in [0.2, 0.25) is 10.0 Å². The van der Waals surface area contributed by atoms with Crippen LogP contribution in [0.5, 0.6) is 0 Å². The molecule has 0 aromatic heterocycles. The third-order valence-electron chi connectivity index (χ3n) is 3.76. The first-order valence-electron chi connectivity index (χ1n) is 8.04. The summed E-state index contributed by atoms with van der Waals surface area (Å²) in [4.78, 5) is 12.2. The summed E-state index contributed by atoms with van der Waals surface area (Å²) < 4.78 is 38.0. The lowest BCUT2D eigenvalue weighted by atomic mass is 10.1. The molecular formula is C18H22FN3O3S. The quantitative estimate of drug-likeness (QED) is 0.719. The molecule has 8 heteroatoms. The van der Waals surface area contributed by atoms with E-state index in [2.05, 4.69) is 15.4 Å².